The number of benzene rings is 2. The molecular weight excluding hydrogens is 438 g/mol. The highest BCUT2D eigenvalue weighted by Gasteiger charge is 2.38. The highest BCUT2D eigenvalue weighted by atomic mass is 79.9. The summed E-state index contributed by atoms with van der Waals surface area (Å²) in [6, 6.07) is 13.9. The number of esters is 1. The van der Waals surface area contributed by atoms with Crippen LogP contribution in [0.2, 0.25) is 0 Å². The van der Waals surface area contributed by atoms with E-state index in [2.05, 4.69) is 36.8 Å². The number of anilines is 1. The summed E-state index contributed by atoms with van der Waals surface area (Å²) in [7, 11) is 1.26. The molecule has 1 N–H and O–H groups in total. The fraction of sp³-hybridized carbons (Fsp3) is 0.150. The SMILES string of the molecule is COC(=O)C1=C(C(=O)c2ccc(C)cc2)[C@H](c2ccc(Br)cc2)n2nnnc2N1. The van der Waals surface area contributed by atoms with Crippen LogP contribution in [0.3, 0.4) is 0 Å². The van der Waals surface area contributed by atoms with Gasteiger partial charge in [0.25, 0.3) is 0 Å². The lowest BCUT2D eigenvalue weighted by molar-refractivity contribution is -0.136. The van der Waals surface area contributed by atoms with E-state index in [1.54, 1.807) is 12.1 Å². The average Bonchev–Trinajstić information content (AvgIpc) is 3.21. The van der Waals surface area contributed by atoms with Crippen LogP contribution in [0.1, 0.15) is 27.5 Å². The van der Waals surface area contributed by atoms with Crippen LogP contribution in [0.25, 0.3) is 0 Å². The Labute approximate surface area is 174 Å². The number of carbonyl (C=O) groups excluding carboxylic acids is 2. The number of allylic oxidation sites excluding steroid dienone is 1. The Bertz CT molecular complexity index is 1120. The number of ketones is 1. The van der Waals surface area contributed by atoms with E-state index in [0.29, 0.717) is 5.56 Å². The summed E-state index contributed by atoms with van der Waals surface area (Å²) in [6.45, 7) is 1.94. The van der Waals surface area contributed by atoms with Crippen molar-refractivity contribution in [2.75, 3.05) is 12.4 Å². The van der Waals surface area contributed by atoms with E-state index in [1.807, 2.05) is 43.3 Å². The van der Waals surface area contributed by atoms with Crippen LogP contribution in [-0.4, -0.2) is 39.1 Å². The topological polar surface area (TPSA) is 99.0 Å². The number of nitrogens with zero attached hydrogens (tertiary/aromatic N) is 4. The minimum atomic E-state index is -0.697. The van der Waals surface area contributed by atoms with Crippen molar-refractivity contribution in [3.63, 3.8) is 0 Å². The van der Waals surface area contributed by atoms with E-state index in [-0.39, 0.29) is 23.0 Å². The van der Waals surface area contributed by atoms with Gasteiger partial charge >= 0.3 is 5.97 Å². The highest BCUT2D eigenvalue weighted by Crippen LogP contribution is 2.37. The molecule has 8 nitrogen and oxygen atoms in total. The molecule has 0 saturated carbocycles. The molecule has 9 heteroatoms. The van der Waals surface area contributed by atoms with E-state index in [9.17, 15) is 9.59 Å². The number of fused-ring (bicyclic) bond motifs is 1. The Morgan fingerprint density at radius 2 is 1.79 bits per heavy atom. The lowest BCUT2D eigenvalue weighted by atomic mass is 9.89. The summed E-state index contributed by atoms with van der Waals surface area (Å²) >= 11 is 3.41. The Hall–Kier alpha value is -3.33. The first-order chi connectivity index (χ1) is 14.0. The molecule has 0 spiro atoms. The molecule has 1 aliphatic heterocycles. The van der Waals surface area contributed by atoms with Crippen molar-refractivity contribution >= 4 is 33.6 Å². The van der Waals surface area contributed by atoms with Gasteiger partial charge in [-0.05, 0) is 35.0 Å². The van der Waals surface area contributed by atoms with E-state index in [0.717, 1.165) is 15.6 Å². The molecule has 0 bridgehead atoms. The maximum absolute atomic E-state index is 13.5. The van der Waals surface area contributed by atoms with Crippen LogP contribution in [0.15, 0.2) is 64.3 Å². The van der Waals surface area contributed by atoms with Crippen LogP contribution in [-0.2, 0) is 9.53 Å². The number of Topliss-reactive ketones (excluding diaryl/α,β-unsaturated/α-hetero) is 1. The van der Waals surface area contributed by atoms with Crippen molar-refractivity contribution in [2.45, 2.75) is 13.0 Å². The summed E-state index contributed by atoms with van der Waals surface area (Å²) in [4.78, 5) is 26.1. The van der Waals surface area contributed by atoms with Crippen molar-refractivity contribution in [2.24, 2.45) is 0 Å². The van der Waals surface area contributed by atoms with Crippen LogP contribution >= 0.6 is 15.9 Å². The Morgan fingerprint density at radius 1 is 1.10 bits per heavy atom. The van der Waals surface area contributed by atoms with Crippen LogP contribution in [0.5, 0.6) is 0 Å². The minimum absolute atomic E-state index is 0.0216. The van der Waals surface area contributed by atoms with E-state index in [1.165, 1.54) is 11.8 Å². The molecule has 0 amide bonds. The van der Waals surface area contributed by atoms with Crippen molar-refractivity contribution in [1.29, 1.82) is 0 Å². The second kappa shape index (κ2) is 7.59. The first-order valence-electron chi connectivity index (χ1n) is 8.74. The third-order valence-electron chi connectivity index (χ3n) is 4.65. The molecule has 0 aliphatic carbocycles. The third kappa shape index (κ3) is 3.44. The normalized spacial score (nSPS) is 15.5. The minimum Gasteiger partial charge on any atom is -0.464 e. The molecular formula is C20H16BrN5O3. The largest absolute Gasteiger partial charge is 0.464 e. The predicted molar refractivity (Wildman–Crippen MR) is 108 cm³/mol. The molecule has 1 aromatic heterocycles. The molecule has 1 aliphatic rings. The van der Waals surface area contributed by atoms with Gasteiger partial charge in [-0.25, -0.2) is 4.79 Å². The second-order valence-electron chi connectivity index (χ2n) is 6.50. The van der Waals surface area contributed by atoms with Crippen molar-refractivity contribution in [3.8, 4) is 0 Å². The molecule has 29 heavy (non-hydrogen) atoms. The molecule has 0 unspecified atom stereocenters. The summed E-state index contributed by atoms with van der Waals surface area (Å²) in [6.07, 6.45) is 0. The van der Waals surface area contributed by atoms with Gasteiger partial charge in [-0.15, -0.1) is 0 Å². The number of tetrazole rings is 1. The molecule has 1 atom stereocenters. The number of nitrogens with one attached hydrogen (secondary N) is 1. The van der Waals surface area contributed by atoms with E-state index < -0.39 is 12.0 Å². The van der Waals surface area contributed by atoms with Crippen molar-refractivity contribution in [1.82, 2.24) is 20.2 Å². The zero-order valence-corrected chi connectivity index (χ0v) is 17.2. The number of hydrogen-bond acceptors (Lipinski definition) is 7. The molecule has 146 valence electrons. The molecule has 4 rings (SSSR count). The highest BCUT2D eigenvalue weighted by molar-refractivity contribution is 9.10. The maximum atomic E-state index is 13.5. The van der Waals surface area contributed by atoms with Crippen LogP contribution < -0.4 is 5.32 Å². The number of carbonyl (C=O) groups is 2. The number of methoxy groups -OCH3 is 1. The maximum Gasteiger partial charge on any atom is 0.355 e. The first kappa shape index (κ1) is 19.0. The monoisotopic (exact) mass is 453 g/mol. The summed E-state index contributed by atoms with van der Waals surface area (Å²) in [5.41, 5.74) is 2.46. The van der Waals surface area contributed by atoms with E-state index in [4.69, 9.17) is 4.74 Å². The van der Waals surface area contributed by atoms with Crippen LogP contribution in [0.4, 0.5) is 5.95 Å². The van der Waals surface area contributed by atoms with Crippen molar-refractivity contribution in [3.05, 3.63) is 81.0 Å². The number of aromatic nitrogens is 4. The summed E-state index contributed by atoms with van der Waals surface area (Å²) < 4.78 is 7.29. The first-order valence-corrected chi connectivity index (χ1v) is 9.53. The van der Waals surface area contributed by atoms with Crippen LogP contribution in [0, 0.1) is 6.92 Å². The fourth-order valence-corrected chi connectivity index (χ4v) is 3.47. The van der Waals surface area contributed by atoms with Gasteiger partial charge in [-0.2, -0.15) is 4.68 Å². The fourth-order valence-electron chi connectivity index (χ4n) is 3.20. The Morgan fingerprint density at radius 3 is 2.45 bits per heavy atom. The summed E-state index contributed by atoms with van der Waals surface area (Å²) in [5, 5.41) is 14.5. The van der Waals surface area contributed by atoms with Gasteiger partial charge in [0.1, 0.15) is 11.7 Å². The molecule has 2 heterocycles. The van der Waals surface area contributed by atoms with Gasteiger partial charge in [0.2, 0.25) is 5.95 Å². The predicted octanol–water partition coefficient (Wildman–Crippen LogP) is 3.07. The quantitative estimate of drug-likeness (QED) is 0.478. The van der Waals surface area contributed by atoms with Gasteiger partial charge < -0.3 is 10.1 Å². The zero-order chi connectivity index (χ0) is 20.5. The molecule has 0 fully saturated rings. The molecule has 0 saturated heterocycles. The number of hydrogen-bond donors (Lipinski definition) is 1. The molecule has 3 aromatic rings. The lowest BCUT2D eigenvalue weighted by Crippen LogP contribution is -2.32. The number of ether oxygens (including phenoxy) is 1. The van der Waals surface area contributed by atoms with Gasteiger partial charge in [-0.3, -0.25) is 4.79 Å². The zero-order valence-electron chi connectivity index (χ0n) is 15.6. The van der Waals surface area contributed by atoms with Gasteiger partial charge in [-0.1, -0.05) is 63.0 Å². The molecule has 0 radical (unpaired) electrons. The van der Waals surface area contributed by atoms with Gasteiger partial charge in [0, 0.05) is 10.0 Å². The second-order valence-corrected chi connectivity index (χ2v) is 7.42. The van der Waals surface area contributed by atoms with Gasteiger partial charge in [0.15, 0.2) is 5.78 Å². The van der Waals surface area contributed by atoms with Crippen molar-refractivity contribution < 1.29 is 14.3 Å². The number of rotatable bonds is 4. The Kier molecular flexibility index (Phi) is 4.98. The van der Waals surface area contributed by atoms with E-state index >= 15 is 0 Å². The molecule has 2 aromatic carbocycles. The summed E-state index contributed by atoms with van der Waals surface area (Å²) in [5.74, 6) is -0.734. The third-order valence-corrected chi connectivity index (χ3v) is 5.18. The smallest absolute Gasteiger partial charge is 0.355 e. The number of halogens is 1. The van der Waals surface area contributed by atoms with Gasteiger partial charge in [0.05, 0.1) is 12.7 Å². The average molecular weight is 454 g/mol. The standard InChI is InChI=1S/C20H16BrN5O3/c1-11-3-5-13(6-4-11)18(27)15-16(19(28)29-2)22-20-23-24-25-26(20)17(15)12-7-9-14(21)10-8-12/h3-10,17H,1-2H3,(H,22,23,25)/t17-/m0/s1. The number of aryl methyl sites for hydroxylation is 1. The lowest BCUT2D eigenvalue weighted by Gasteiger charge is -2.28. The Balaban J connectivity index is 1.94.